The van der Waals surface area contributed by atoms with Crippen LogP contribution < -0.4 is 5.43 Å². The molecule has 1 aromatic carbocycles. The number of hydrogen-bond acceptors (Lipinski definition) is 4. The molecule has 0 saturated carbocycles. The van der Waals surface area contributed by atoms with Gasteiger partial charge in [-0.05, 0) is 61.7 Å². The summed E-state index contributed by atoms with van der Waals surface area (Å²) in [7, 11) is 0. The molecule has 0 atom stereocenters. The van der Waals surface area contributed by atoms with E-state index in [1.165, 1.54) is 12.5 Å². The zero-order valence-electron chi connectivity index (χ0n) is 9.43. The van der Waals surface area contributed by atoms with Crippen LogP contribution in [0.2, 0.25) is 0 Å². The summed E-state index contributed by atoms with van der Waals surface area (Å²) < 4.78 is 5.97. The molecule has 0 fully saturated rings. The molecule has 0 unspecified atom stereocenters. The van der Waals surface area contributed by atoms with Crippen molar-refractivity contribution in [1.29, 1.82) is 0 Å². The summed E-state index contributed by atoms with van der Waals surface area (Å²) in [6.45, 7) is 0. The lowest BCUT2D eigenvalue weighted by molar-refractivity contribution is 0.0927. The molecule has 0 spiro atoms. The van der Waals surface area contributed by atoms with Gasteiger partial charge in [0.2, 0.25) is 0 Å². The number of hydrazone groups is 1. The minimum absolute atomic E-state index is 0.108. The van der Waals surface area contributed by atoms with Crippen LogP contribution in [0.15, 0.2) is 49.0 Å². The number of halogens is 2. The van der Waals surface area contributed by atoms with Crippen molar-refractivity contribution in [2.45, 2.75) is 0 Å². The zero-order valence-corrected chi connectivity index (χ0v) is 12.6. The van der Waals surface area contributed by atoms with Crippen LogP contribution in [-0.2, 0) is 0 Å². The maximum Gasteiger partial charge on any atom is 0.307 e. The van der Waals surface area contributed by atoms with Gasteiger partial charge in [0.1, 0.15) is 5.75 Å². The van der Waals surface area contributed by atoms with E-state index in [-0.39, 0.29) is 11.5 Å². The van der Waals surface area contributed by atoms with Gasteiger partial charge in [-0.15, -0.1) is 0 Å². The number of amides is 1. The number of aromatic hydroxyl groups is 1. The molecular weight excluding hydrogens is 380 g/mol. The summed E-state index contributed by atoms with van der Waals surface area (Å²) in [5.41, 5.74) is 3.04. The van der Waals surface area contributed by atoms with Crippen molar-refractivity contribution in [3.8, 4) is 5.75 Å². The second-order valence-corrected chi connectivity index (χ2v) is 5.22. The highest BCUT2D eigenvalue weighted by Crippen LogP contribution is 2.32. The number of nitrogens with zero attached hydrogens (tertiary/aromatic N) is 1. The molecule has 2 rings (SSSR count). The Bertz CT molecular complexity index is 601. The van der Waals surface area contributed by atoms with Crippen molar-refractivity contribution in [2.24, 2.45) is 5.10 Å². The van der Waals surface area contributed by atoms with Crippen molar-refractivity contribution in [3.63, 3.8) is 0 Å². The largest absolute Gasteiger partial charge is 0.506 e. The number of carbonyl (C=O) groups excluding carboxylic acids is 1. The number of rotatable bonds is 3. The van der Waals surface area contributed by atoms with Gasteiger partial charge in [-0.25, -0.2) is 5.43 Å². The summed E-state index contributed by atoms with van der Waals surface area (Å²) in [5.74, 6) is -0.139. The Morgan fingerprint density at radius 1 is 1.37 bits per heavy atom. The van der Waals surface area contributed by atoms with Gasteiger partial charge < -0.3 is 9.52 Å². The Morgan fingerprint density at radius 2 is 2.05 bits per heavy atom. The number of carbonyl (C=O) groups is 1. The smallest absolute Gasteiger partial charge is 0.307 e. The van der Waals surface area contributed by atoms with Gasteiger partial charge >= 0.3 is 5.91 Å². The third kappa shape index (κ3) is 3.45. The van der Waals surface area contributed by atoms with Crippen LogP contribution in [0.1, 0.15) is 16.1 Å². The molecule has 98 valence electrons. The first kappa shape index (κ1) is 13.8. The van der Waals surface area contributed by atoms with E-state index in [1.54, 1.807) is 24.3 Å². The van der Waals surface area contributed by atoms with Crippen LogP contribution in [0.3, 0.4) is 0 Å². The summed E-state index contributed by atoms with van der Waals surface area (Å²) in [5, 5.41) is 13.4. The van der Waals surface area contributed by atoms with Crippen molar-refractivity contribution in [3.05, 3.63) is 50.8 Å². The first-order valence-electron chi connectivity index (χ1n) is 5.13. The van der Waals surface area contributed by atoms with E-state index in [9.17, 15) is 9.90 Å². The number of nitrogens with one attached hydrogen (secondary N) is 1. The number of benzene rings is 1. The first-order chi connectivity index (χ1) is 9.08. The molecule has 0 aliphatic heterocycles. The molecular formula is C12H8Br2N2O3. The molecule has 0 aliphatic carbocycles. The second kappa shape index (κ2) is 6.03. The van der Waals surface area contributed by atoms with Crippen LogP contribution in [0, 0.1) is 0 Å². The van der Waals surface area contributed by atoms with Crippen LogP contribution in [0.25, 0.3) is 0 Å². The zero-order chi connectivity index (χ0) is 13.8. The van der Waals surface area contributed by atoms with Gasteiger partial charge in [0.25, 0.3) is 0 Å². The Kier molecular flexibility index (Phi) is 4.39. The molecule has 0 aliphatic rings. The Balaban J connectivity index is 2.05. The van der Waals surface area contributed by atoms with Crippen LogP contribution in [0.5, 0.6) is 5.75 Å². The van der Waals surface area contributed by atoms with Crippen molar-refractivity contribution in [2.75, 3.05) is 0 Å². The minimum Gasteiger partial charge on any atom is -0.506 e. The number of furan rings is 1. The summed E-state index contributed by atoms with van der Waals surface area (Å²) in [4.78, 5) is 11.5. The lowest BCUT2D eigenvalue weighted by Gasteiger charge is -2.01. The van der Waals surface area contributed by atoms with E-state index in [2.05, 4.69) is 42.4 Å². The quantitative estimate of drug-likeness (QED) is 0.626. The molecule has 0 radical (unpaired) electrons. The highest BCUT2D eigenvalue weighted by Gasteiger charge is 2.07. The molecule has 0 saturated heterocycles. The average molecular weight is 388 g/mol. The number of hydrogen-bond donors (Lipinski definition) is 2. The highest BCUT2D eigenvalue weighted by molar-refractivity contribution is 9.11. The van der Waals surface area contributed by atoms with Gasteiger partial charge in [0, 0.05) is 0 Å². The SMILES string of the molecule is O=C(NN=Cc1cc(Br)c(O)c(Br)c1)c1ccco1. The third-order valence-corrected chi connectivity index (χ3v) is 3.37. The lowest BCUT2D eigenvalue weighted by Crippen LogP contribution is -2.16. The normalized spacial score (nSPS) is 10.8. The third-order valence-electron chi connectivity index (χ3n) is 2.16. The van der Waals surface area contributed by atoms with Gasteiger partial charge in [0.05, 0.1) is 21.4 Å². The van der Waals surface area contributed by atoms with Crippen molar-refractivity contribution >= 4 is 44.0 Å². The van der Waals surface area contributed by atoms with E-state index in [0.29, 0.717) is 14.5 Å². The van der Waals surface area contributed by atoms with Gasteiger partial charge in [-0.2, -0.15) is 5.10 Å². The predicted octanol–water partition coefficient (Wildman–Crippen LogP) is 3.27. The molecule has 0 bridgehead atoms. The topological polar surface area (TPSA) is 74.8 Å². The monoisotopic (exact) mass is 386 g/mol. The number of phenolic OH excluding ortho intramolecular Hbond substituents is 1. The maximum atomic E-state index is 11.5. The summed E-state index contributed by atoms with van der Waals surface area (Å²) >= 11 is 6.41. The van der Waals surface area contributed by atoms with E-state index >= 15 is 0 Å². The summed E-state index contributed by atoms with van der Waals surface area (Å²) in [6.07, 6.45) is 2.86. The van der Waals surface area contributed by atoms with E-state index in [1.807, 2.05) is 0 Å². The van der Waals surface area contributed by atoms with Crippen LogP contribution >= 0.6 is 31.9 Å². The van der Waals surface area contributed by atoms with E-state index in [4.69, 9.17) is 4.42 Å². The molecule has 1 heterocycles. The van der Waals surface area contributed by atoms with Crippen LogP contribution in [0.4, 0.5) is 0 Å². The van der Waals surface area contributed by atoms with Crippen molar-refractivity contribution < 1.29 is 14.3 Å². The molecule has 19 heavy (non-hydrogen) atoms. The standard InChI is InChI=1S/C12H8Br2N2O3/c13-8-4-7(5-9(14)11(8)17)6-15-16-12(18)10-2-1-3-19-10/h1-6,17H,(H,16,18). The number of phenols is 1. The first-order valence-corrected chi connectivity index (χ1v) is 6.71. The molecule has 2 N–H and O–H groups in total. The lowest BCUT2D eigenvalue weighted by atomic mass is 10.2. The van der Waals surface area contributed by atoms with E-state index < -0.39 is 5.91 Å². The van der Waals surface area contributed by atoms with Gasteiger partial charge in [-0.1, -0.05) is 0 Å². The molecule has 1 amide bonds. The predicted molar refractivity (Wildman–Crippen MR) is 77.3 cm³/mol. The fourth-order valence-corrected chi connectivity index (χ4v) is 2.51. The maximum absolute atomic E-state index is 11.5. The summed E-state index contributed by atoms with van der Waals surface area (Å²) in [6, 6.07) is 6.50. The second-order valence-electron chi connectivity index (χ2n) is 3.51. The van der Waals surface area contributed by atoms with E-state index in [0.717, 1.165) is 0 Å². The molecule has 1 aromatic heterocycles. The van der Waals surface area contributed by atoms with Crippen LogP contribution in [-0.4, -0.2) is 17.2 Å². The average Bonchev–Trinajstić information content (AvgIpc) is 2.89. The molecule has 2 aromatic rings. The fraction of sp³-hybridized carbons (Fsp3) is 0. The minimum atomic E-state index is -0.432. The molecule has 7 heteroatoms. The Morgan fingerprint density at radius 3 is 2.63 bits per heavy atom. The Hall–Kier alpha value is -1.60. The highest BCUT2D eigenvalue weighted by atomic mass is 79.9. The van der Waals surface area contributed by atoms with Crippen molar-refractivity contribution in [1.82, 2.24) is 5.43 Å². The van der Waals surface area contributed by atoms with Gasteiger partial charge in [0.15, 0.2) is 5.76 Å². The molecule has 5 nitrogen and oxygen atoms in total. The Labute approximate surface area is 125 Å². The van der Waals surface area contributed by atoms with Gasteiger partial charge in [-0.3, -0.25) is 4.79 Å². The fourth-order valence-electron chi connectivity index (χ4n) is 1.29.